The van der Waals surface area contributed by atoms with Gasteiger partial charge in [-0.1, -0.05) is 43.7 Å². The Labute approximate surface area is 190 Å². The highest BCUT2D eigenvalue weighted by Gasteiger charge is 2.50. The molecule has 2 saturated heterocycles. The summed E-state index contributed by atoms with van der Waals surface area (Å²) in [5.74, 6) is 0.133. The average molecular weight is 437 g/mol. The van der Waals surface area contributed by atoms with E-state index in [1.165, 1.54) is 24.0 Å². The molecule has 4 rings (SSSR count). The molecule has 2 aromatic rings. The van der Waals surface area contributed by atoms with Crippen molar-refractivity contribution in [2.45, 2.75) is 51.5 Å². The number of anilines is 2. The van der Waals surface area contributed by atoms with Crippen molar-refractivity contribution >= 4 is 34.6 Å². The van der Waals surface area contributed by atoms with Crippen LogP contribution in [0.2, 0.25) is 0 Å². The van der Waals surface area contributed by atoms with Gasteiger partial charge in [-0.25, -0.2) is 0 Å². The van der Waals surface area contributed by atoms with Gasteiger partial charge in [0, 0.05) is 24.5 Å². The second kappa shape index (κ2) is 9.27. The number of nitrogens with zero attached hydrogens (tertiary/aromatic N) is 2. The number of aryl methyl sites for hydroxylation is 2. The molecule has 2 fully saturated rings. The third-order valence-corrected chi connectivity index (χ3v) is 6.99. The number of rotatable bonds is 5. The zero-order valence-corrected chi connectivity index (χ0v) is 19.3. The number of hydrogen-bond acceptors (Lipinski definition) is 3. The quantitative estimate of drug-likeness (QED) is 0.678. The van der Waals surface area contributed by atoms with Crippen molar-refractivity contribution in [2.75, 3.05) is 30.0 Å². The van der Waals surface area contributed by atoms with Crippen LogP contribution < -0.4 is 15.5 Å². The van der Waals surface area contributed by atoms with Crippen molar-refractivity contribution in [1.29, 1.82) is 0 Å². The molecule has 0 aliphatic carbocycles. The Morgan fingerprint density at radius 2 is 1.90 bits per heavy atom. The highest BCUT2D eigenvalue weighted by atomic mass is 32.1. The van der Waals surface area contributed by atoms with Crippen molar-refractivity contribution in [3.8, 4) is 0 Å². The fraction of sp³-hybridized carbons (Fsp3) is 0.440. The monoisotopic (exact) mass is 436 g/mol. The molecule has 2 N–H and O–H groups in total. The first-order chi connectivity index (χ1) is 15.0. The topological polar surface area (TPSA) is 47.6 Å². The van der Waals surface area contributed by atoms with E-state index >= 15 is 0 Å². The zero-order chi connectivity index (χ0) is 21.8. The van der Waals surface area contributed by atoms with E-state index in [9.17, 15) is 4.79 Å². The van der Waals surface area contributed by atoms with Crippen LogP contribution in [0.15, 0.2) is 48.5 Å². The second-order valence-corrected chi connectivity index (χ2v) is 9.02. The summed E-state index contributed by atoms with van der Waals surface area (Å²) in [7, 11) is 0. The molecule has 0 radical (unpaired) electrons. The SMILES string of the molecule is CCCCc1ccc(NC(=S)N2CCC3(CC2)C(=O)NCN3c2ccccc2)c(C)c1. The maximum atomic E-state index is 12.8. The van der Waals surface area contributed by atoms with E-state index in [-0.39, 0.29) is 5.91 Å². The molecule has 0 atom stereocenters. The highest BCUT2D eigenvalue weighted by molar-refractivity contribution is 7.80. The van der Waals surface area contributed by atoms with E-state index in [0.29, 0.717) is 6.67 Å². The van der Waals surface area contributed by atoms with Gasteiger partial charge in [-0.05, 0) is 74.2 Å². The Bertz CT molecular complexity index is 938. The summed E-state index contributed by atoms with van der Waals surface area (Å²) in [6.45, 7) is 6.44. The normalized spacial score (nSPS) is 17.7. The van der Waals surface area contributed by atoms with Crippen LogP contribution in [0.4, 0.5) is 11.4 Å². The van der Waals surface area contributed by atoms with Gasteiger partial charge in [-0.3, -0.25) is 4.79 Å². The Balaban J connectivity index is 1.40. The van der Waals surface area contributed by atoms with Crippen LogP contribution >= 0.6 is 12.2 Å². The lowest BCUT2D eigenvalue weighted by Crippen LogP contribution is -2.57. The molecule has 2 aliphatic heterocycles. The van der Waals surface area contributed by atoms with E-state index in [0.717, 1.165) is 48.8 Å². The standard InChI is InChI=1S/C25H32N4OS/c1-3-4-8-20-11-12-22(19(2)17-20)27-24(31)28-15-13-25(14-16-28)23(30)26-18-29(25)21-9-6-5-7-10-21/h5-7,9-12,17H,3-4,8,13-16,18H2,1-2H3,(H,26,30)(H,27,31). The van der Waals surface area contributed by atoms with Gasteiger partial charge in [-0.2, -0.15) is 0 Å². The first-order valence-corrected chi connectivity index (χ1v) is 11.7. The van der Waals surface area contributed by atoms with Crippen LogP contribution in [-0.2, 0) is 11.2 Å². The van der Waals surface area contributed by atoms with Crippen LogP contribution in [0.3, 0.4) is 0 Å². The average Bonchev–Trinajstić information content (AvgIpc) is 3.10. The van der Waals surface area contributed by atoms with Crippen LogP contribution in [0.5, 0.6) is 0 Å². The van der Waals surface area contributed by atoms with Crippen LogP contribution in [-0.4, -0.2) is 41.2 Å². The molecule has 1 amide bonds. The van der Waals surface area contributed by atoms with E-state index in [1.807, 2.05) is 18.2 Å². The number of benzene rings is 2. The van der Waals surface area contributed by atoms with Gasteiger partial charge in [-0.15, -0.1) is 0 Å². The van der Waals surface area contributed by atoms with E-state index in [4.69, 9.17) is 12.2 Å². The summed E-state index contributed by atoms with van der Waals surface area (Å²) >= 11 is 5.73. The molecule has 2 aliphatic rings. The summed E-state index contributed by atoms with van der Waals surface area (Å²) < 4.78 is 0. The van der Waals surface area contributed by atoms with Gasteiger partial charge < -0.3 is 20.4 Å². The minimum atomic E-state index is -0.482. The third kappa shape index (κ3) is 4.40. The Morgan fingerprint density at radius 1 is 1.16 bits per heavy atom. The first-order valence-electron chi connectivity index (χ1n) is 11.3. The molecular formula is C25H32N4OS. The summed E-state index contributed by atoms with van der Waals surface area (Å²) in [6, 6.07) is 16.8. The van der Waals surface area contributed by atoms with E-state index in [1.54, 1.807) is 0 Å². The molecule has 0 unspecified atom stereocenters. The Morgan fingerprint density at radius 3 is 2.58 bits per heavy atom. The summed E-state index contributed by atoms with van der Waals surface area (Å²) in [5, 5.41) is 7.24. The van der Waals surface area contributed by atoms with E-state index < -0.39 is 5.54 Å². The minimum absolute atomic E-state index is 0.133. The number of thiocarbonyl (C=S) groups is 1. The van der Waals surface area contributed by atoms with Gasteiger partial charge >= 0.3 is 0 Å². The predicted molar refractivity (Wildman–Crippen MR) is 131 cm³/mol. The van der Waals surface area contributed by atoms with Gasteiger partial charge in [0.2, 0.25) is 5.91 Å². The number of amides is 1. The van der Waals surface area contributed by atoms with Crippen molar-refractivity contribution in [2.24, 2.45) is 0 Å². The molecule has 0 saturated carbocycles. The molecule has 6 heteroatoms. The largest absolute Gasteiger partial charge is 0.349 e. The van der Waals surface area contributed by atoms with Gasteiger partial charge in [0.1, 0.15) is 5.54 Å². The number of nitrogens with one attached hydrogen (secondary N) is 2. The maximum Gasteiger partial charge on any atom is 0.247 e. The van der Waals surface area contributed by atoms with Crippen molar-refractivity contribution in [1.82, 2.24) is 10.2 Å². The van der Waals surface area contributed by atoms with E-state index in [2.05, 4.69) is 64.6 Å². The maximum absolute atomic E-state index is 12.8. The van der Waals surface area contributed by atoms with Crippen molar-refractivity contribution < 1.29 is 4.79 Å². The highest BCUT2D eigenvalue weighted by Crippen LogP contribution is 2.36. The molecule has 2 heterocycles. The third-order valence-electron chi connectivity index (χ3n) is 6.63. The van der Waals surface area contributed by atoms with Crippen molar-refractivity contribution in [3.63, 3.8) is 0 Å². The van der Waals surface area contributed by atoms with Crippen molar-refractivity contribution in [3.05, 3.63) is 59.7 Å². The number of hydrogen-bond donors (Lipinski definition) is 2. The van der Waals surface area contributed by atoms with Crippen LogP contribution in [0, 0.1) is 6.92 Å². The predicted octanol–water partition coefficient (Wildman–Crippen LogP) is 4.46. The first kappa shape index (κ1) is 21.6. The number of likely N-dealkylation sites (tertiary alicyclic amines) is 1. The number of piperidine rings is 1. The molecule has 164 valence electrons. The molecule has 31 heavy (non-hydrogen) atoms. The molecule has 0 aromatic heterocycles. The molecule has 5 nitrogen and oxygen atoms in total. The van der Waals surface area contributed by atoms with Gasteiger partial charge in [0.25, 0.3) is 0 Å². The number of para-hydroxylation sites is 1. The number of carbonyl (C=O) groups is 1. The minimum Gasteiger partial charge on any atom is -0.349 e. The fourth-order valence-corrected chi connectivity index (χ4v) is 5.00. The lowest BCUT2D eigenvalue weighted by atomic mass is 9.86. The molecule has 2 aromatic carbocycles. The smallest absolute Gasteiger partial charge is 0.247 e. The van der Waals surface area contributed by atoms with Crippen LogP contribution in [0.1, 0.15) is 43.7 Å². The number of carbonyl (C=O) groups excluding carboxylic acids is 1. The number of unbranched alkanes of at least 4 members (excludes halogenated alkanes) is 1. The van der Waals surface area contributed by atoms with Crippen LogP contribution in [0.25, 0.3) is 0 Å². The van der Waals surface area contributed by atoms with Gasteiger partial charge in [0.05, 0.1) is 6.67 Å². The summed E-state index contributed by atoms with van der Waals surface area (Å²) in [4.78, 5) is 17.3. The van der Waals surface area contributed by atoms with Gasteiger partial charge in [0.15, 0.2) is 5.11 Å². The lowest BCUT2D eigenvalue weighted by Gasteiger charge is -2.44. The summed E-state index contributed by atoms with van der Waals surface area (Å²) in [6.07, 6.45) is 5.05. The lowest BCUT2D eigenvalue weighted by molar-refractivity contribution is -0.124. The Hall–Kier alpha value is -2.60. The summed E-state index contributed by atoms with van der Waals surface area (Å²) in [5.41, 5.74) is 4.27. The second-order valence-electron chi connectivity index (χ2n) is 8.63. The molecular weight excluding hydrogens is 404 g/mol. The fourth-order valence-electron chi connectivity index (χ4n) is 4.71. The zero-order valence-electron chi connectivity index (χ0n) is 18.5. The Kier molecular flexibility index (Phi) is 6.46. The molecule has 0 bridgehead atoms. The molecule has 1 spiro atoms.